The lowest BCUT2D eigenvalue weighted by atomic mass is 9.80. The van der Waals surface area contributed by atoms with E-state index < -0.39 is 0 Å². The third kappa shape index (κ3) is 3.89. The third-order valence-electron chi connectivity index (χ3n) is 10.7. The van der Waals surface area contributed by atoms with Crippen LogP contribution in [-0.2, 0) is 5.41 Å². The molecule has 0 aliphatic heterocycles. The number of thiophene rings is 1. The lowest BCUT2D eigenvalue weighted by molar-refractivity contribution is 0.660. The average molecular weight is 629 g/mol. The molecule has 1 heterocycles. The van der Waals surface area contributed by atoms with Crippen molar-refractivity contribution in [3.8, 4) is 44.5 Å². The highest BCUT2D eigenvalue weighted by atomic mass is 32.1. The van der Waals surface area contributed by atoms with Crippen LogP contribution in [0.1, 0.15) is 25.0 Å². The van der Waals surface area contributed by atoms with Gasteiger partial charge in [-0.3, -0.25) is 0 Å². The van der Waals surface area contributed by atoms with Crippen LogP contribution in [0.25, 0.3) is 86.2 Å². The number of benzene rings is 8. The van der Waals surface area contributed by atoms with Gasteiger partial charge >= 0.3 is 0 Å². The molecule has 0 saturated carbocycles. The molecule has 0 unspecified atom stereocenters. The summed E-state index contributed by atoms with van der Waals surface area (Å²) in [6.45, 7) is 4.75. The van der Waals surface area contributed by atoms with Crippen LogP contribution in [-0.4, -0.2) is 0 Å². The van der Waals surface area contributed by atoms with Gasteiger partial charge in [0.2, 0.25) is 0 Å². The highest BCUT2D eigenvalue weighted by molar-refractivity contribution is 7.25. The van der Waals surface area contributed by atoms with E-state index in [0.29, 0.717) is 0 Å². The lowest BCUT2D eigenvalue weighted by Gasteiger charge is -2.23. The molecule has 0 radical (unpaired) electrons. The van der Waals surface area contributed by atoms with E-state index in [2.05, 4.69) is 172 Å². The van der Waals surface area contributed by atoms with E-state index in [1.165, 1.54) is 97.4 Å². The maximum atomic E-state index is 2.44. The fourth-order valence-electron chi connectivity index (χ4n) is 8.43. The van der Waals surface area contributed by atoms with Crippen LogP contribution >= 0.6 is 11.3 Å². The zero-order valence-electron chi connectivity index (χ0n) is 26.9. The Morgan fingerprint density at radius 1 is 0.354 bits per heavy atom. The first kappa shape index (κ1) is 27.6. The second-order valence-electron chi connectivity index (χ2n) is 13.6. The molecule has 48 heavy (non-hydrogen) atoms. The smallest absolute Gasteiger partial charge is 0.0355 e. The molecule has 0 N–H and O–H groups in total. The zero-order valence-corrected chi connectivity index (χ0v) is 27.7. The van der Waals surface area contributed by atoms with Crippen molar-refractivity contribution in [1.29, 1.82) is 0 Å². The number of fused-ring (bicyclic) bond motifs is 8. The van der Waals surface area contributed by atoms with Crippen molar-refractivity contribution >= 4 is 53.1 Å². The van der Waals surface area contributed by atoms with Crippen molar-refractivity contribution in [3.63, 3.8) is 0 Å². The molecular formula is C47H32S. The van der Waals surface area contributed by atoms with E-state index >= 15 is 0 Å². The molecule has 0 atom stereocenters. The van der Waals surface area contributed by atoms with Crippen molar-refractivity contribution in [2.75, 3.05) is 0 Å². The monoisotopic (exact) mass is 628 g/mol. The Labute approximate surface area is 284 Å². The van der Waals surface area contributed by atoms with Gasteiger partial charge in [0, 0.05) is 25.6 Å². The molecule has 0 fully saturated rings. The van der Waals surface area contributed by atoms with Gasteiger partial charge in [0.15, 0.2) is 0 Å². The summed E-state index contributed by atoms with van der Waals surface area (Å²) in [7, 11) is 0. The first-order valence-electron chi connectivity index (χ1n) is 16.8. The highest BCUT2D eigenvalue weighted by Crippen LogP contribution is 2.55. The van der Waals surface area contributed by atoms with Gasteiger partial charge in [-0.05, 0) is 101 Å². The molecule has 1 aromatic heterocycles. The molecule has 0 amide bonds. The summed E-state index contributed by atoms with van der Waals surface area (Å²) in [5, 5.41) is 7.80. The van der Waals surface area contributed by atoms with Crippen LogP contribution in [0.4, 0.5) is 0 Å². The van der Waals surface area contributed by atoms with E-state index in [1.807, 2.05) is 11.3 Å². The number of rotatable bonds is 3. The standard InChI is InChI=1S/C47H32S/c1-47(2)40-20-10-8-18-36(40)46-37(19-12-21-41(46)47)45-34-17-7-6-16-33(34)44(35-25-23-30(27-39(35)45)29-13-4-3-5-14-29)31-24-26-43-38(28-31)32-15-9-11-22-42(32)48-43/h3-28H,1-2H3. The molecule has 0 nitrogen and oxygen atoms in total. The molecule has 1 aliphatic rings. The van der Waals surface area contributed by atoms with Gasteiger partial charge in [0.25, 0.3) is 0 Å². The summed E-state index contributed by atoms with van der Waals surface area (Å²) < 4.78 is 2.67. The van der Waals surface area contributed by atoms with Gasteiger partial charge in [0.1, 0.15) is 0 Å². The maximum absolute atomic E-state index is 2.44. The number of hydrogen-bond donors (Lipinski definition) is 0. The van der Waals surface area contributed by atoms with Crippen molar-refractivity contribution in [2.24, 2.45) is 0 Å². The summed E-state index contributed by atoms with van der Waals surface area (Å²) in [4.78, 5) is 0. The first-order chi connectivity index (χ1) is 23.6. The summed E-state index contributed by atoms with van der Waals surface area (Å²) in [5.74, 6) is 0. The molecule has 0 spiro atoms. The predicted octanol–water partition coefficient (Wildman–Crippen LogP) is 13.7. The van der Waals surface area contributed by atoms with Gasteiger partial charge in [-0.15, -0.1) is 11.3 Å². The molecule has 0 bridgehead atoms. The molecule has 10 rings (SSSR count). The SMILES string of the molecule is CC1(C)c2ccccc2-c2c(-c3c4ccccc4c(-c4ccc5sc6ccccc6c5c4)c4ccc(-c5ccccc5)cc34)cccc21. The quantitative estimate of drug-likeness (QED) is 0.171. The minimum atomic E-state index is -0.0681. The van der Waals surface area contributed by atoms with Crippen LogP contribution in [0.3, 0.4) is 0 Å². The summed E-state index contributed by atoms with van der Waals surface area (Å²) >= 11 is 1.88. The van der Waals surface area contributed by atoms with E-state index in [9.17, 15) is 0 Å². The Balaban J connectivity index is 1.35. The second-order valence-corrected chi connectivity index (χ2v) is 14.7. The van der Waals surface area contributed by atoms with Gasteiger partial charge in [-0.1, -0.05) is 147 Å². The fraction of sp³-hybridized carbons (Fsp3) is 0.0638. The average Bonchev–Trinajstić information content (AvgIpc) is 3.62. The van der Waals surface area contributed by atoms with Crippen LogP contribution in [0.5, 0.6) is 0 Å². The Hall–Kier alpha value is -5.50. The Morgan fingerprint density at radius 2 is 0.958 bits per heavy atom. The summed E-state index contributed by atoms with van der Waals surface area (Å²) in [6, 6.07) is 58.9. The van der Waals surface area contributed by atoms with Gasteiger partial charge in [0.05, 0.1) is 0 Å². The van der Waals surface area contributed by atoms with Gasteiger partial charge in [-0.25, -0.2) is 0 Å². The zero-order chi connectivity index (χ0) is 32.0. The normalized spacial score (nSPS) is 13.4. The molecule has 0 saturated heterocycles. The van der Waals surface area contributed by atoms with Crippen molar-refractivity contribution in [3.05, 3.63) is 169 Å². The molecule has 1 heteroatoms. The molecule has 8 aromatic carbocycles. The van der Waals surface area contributed by atoms with E-state index in [0.717, 1.165) is 0 Å². The minimum absolute atomic E-state index is 0.0681. The van der Waals surface area contributed by atoms with E-state index in [-0.39, 0.29) is 5.41 Å². The Morgan fingerprint density at radius 3 is 1.81 bits per heavy atom. The van der Waals surface area contributed by atoms with Crippen LogP contribution < -0.4 is 0 Å². The van der Waals surface area contributed by atoms with Crippen molar-refractivity contribution < 1.29 is 0 Å². The summed E-state index contributed by atoms with van der Waals surface area (Å²) in [6.07, 6.45) is 0. The van der Waals surface area contributed by atoms with Crippen molar-refractivity contribution in [2.45, 2.75) is 19.3 Å². The second kappa shape index (κ2) is 10.2. The predicted molar refractivity (Wildman–Crippen MR) is 208 cm³/mol. The largest absolute Gasteiger partial charge is 0.135 e. The highest BCUT2D eigenvalue weighted by Gasteiger charge is 2.37. The lowest BCUT2D eigenvalue weighted by Crippen LogP contribution is -2.14. The minimum Gasteiger partial charge on any atom is -0.135 e. The van der Waals surface area contributed by atoms with Crippen LogP contribution in [0.15, 0.2) is 158 Å². The molecule has 226 valence electrons. The molecule has 9 aromatic rings. The first-order valence-corrected chi connectivity index (χ1v) is 17.6. The number of hydrogen-bond acceptors (Lipinski definition) is 1. The van der Waals surface area contributed by atoms with E-state index in [1.54, 1.807) is 0 Å². The Bertz CT molecular complexity index is 2740. The Kier molecular flexibility index (Phi) is 5.89. The molecule has 1 aliphatic carbocycles. The molecular weight excluding hydrogens is 597 g/mol. The van der Waals surface area contributed by atoms with Gasteiger partial charge in [-0.2, -0.15) is 0 Å². The van der Waals surface area contributed by atoms with Crippen molar-refractivity contribution in [1.82, 2.24) is 0 Å². The maximum Gasteiger partial charge on any atom is 0.0355 e. The summed E-state index contributed by atoms with van der Waals surface area (Å²) in [5.41, 5.74) is 13.1. The third-order valence-corrected chi connectivity index (χ3v) is 11.8. The van der Waals surface area contributed by atoms with Crippen LogP contribution in [0.2, 0.25) is 0 Å². The van der Waals surface area contributed by atoms with Crippen LogP contribution in [0, 0.1) is 0 Å². The fourth-order valence-corrected chi connectivity index (χ4v) is 9.52. The van der Waals surface area contributed by atoms with Gasteiger partial charge < -0.3 is 0 Å². The van der Waals surface area contributed by atoms with E-state index in [4.69, 9.17) is 0 Å². The topological polar surface area (TPSA) is 0 Å².